The Kier molecular flexibility index (Phi) is 8.21. The lowest BCUT2D eigenvalue weighted by molar-refractivity contribution is -0.136. The standard InChI is InChI=1S/C31H42N4O5/c36-13-14-40-33-27(11-12-29(37)38)30-31(39)35(28-10-2-1-9-26(28)32-30)25-18-22-7-4-8-23(19-25)34(22)24-16-20-5-3-6-21(15-20)17-24/h1-2,9-10,20-25,36H,3-8,11-19H2,(H,37,38)/b33-27+/t20?,21?,22-,23+,24?,25?. The van der Waals surface area contributed by atoms with Crippen molar-refractivity contribution in [3.63, 3.8) is 0 Å². The minimum absolute atomic E-state index is 0.0229. The molecule has 2 saturated heterocycles. The smallest absolute Gasteiger partial charge is 0.303 e. The van der Waals surface area contributed by atoms with E-state index in [1.807, 2.05) is 28.8 Å². The summed E-state index contributed by atoms with van der Waals surface area (Å²) >= 11 is 0. The number of nitrogens with zero attached hydrogens (tertiary/aromatic N) is 4. The summed E-state index contributed by atoms with van der Waals surface area (Å²) in [6.07, 6.45) is 13.6. The monoisotopic (exact) mass is 550 g/mol. The van der Waals surface area contributed by atoms with E-state index in [9.17, 15) is 14.7 Å². The van der Waals surface area contributed by atoms with Gasteiger partial charge in [-0.1, -0.05) is 43.0 Å². The Morgan fingerprint density at radius 2 is 1.62 bits per heavy atom. The summed E-state index contributed by atoms with van der Waals surface area (Å²) in [7, 11) is 0. The Balaban J connectivity index is 1.34. The molecule has 216 valence electrons. The fourth-order valence-corrected chi connectivity index (χ4v) is 8.44. The van der Waals surface area contributed by atoms with E-state index in [2.05, 4.69) is 15.0 Å². The fourth-order valence-electron chi connectivity index (χ4n) is 8.44. The number of hydrogen-bond acceptors (Lipinski definition) is 7. The van der Waals surface area contributed by atoms with Crippen LogP contribution < -0.4 is 5.56 Å². The van der Waals surface area contributed by atoms with Crippen molar-refractivity contribution in [1.82, 2.24) is 14.5 Å². The van der Waals surface area contributed by atoms with Gasteiger partial charge in [-0.15, -0.1) is 0 Å². The molecule has 1 aromatic carbocycles. The zero-order valence-electron chi connectivity index (χ0n) is 23.3. The summed E-state index contributed by atoms with van der Waals surface area (Å²) in [5.41, 5.74) is 1.63. The van der Waals surface area contributed by atoms with Gasteiger partial charge in [-0.25, -0.2) is 4.98 Å². The maximum atomic E-state index is 14.2. The summed E-state index contributed by atoms with van der Waals surface area (Å²) < 4.78 is 1.93. The summed E-state index contributed by atoms with van der Waals surface area (Å²) in [5, 5.41) is 22.5. The van der Waals surface area contributed by atoms with Gasteiger partial charge in [0.2, 0.25) is 0 Å². The van der Waals surface area contributed by atoms with Crippen molar-refractivity contribution >= 4 is 22.7 Å². The lowest BCUT2D eigenvalue weighted by Gasteiger charge is -2.55. The number of benzene rings is 1. The minimum Gasteiger partial charge on any atom is -0.481 e. The van der Waals surface area contributed by atoms with E-state index in [0.717, 1.165) is 30.2 Å². The van der Waals surface area contributed by atoms with Crippen molar-refractivity contribution in [2.45, 2.75) is 108 Å². The molecule has 2 N–H and O–H groups in total. The average Bonchev–Trinajstić information content (AvgIpc) is 2.94. The van der Waals surface area contributed by atoms with Crippen LogP contribution in [0.1, 0.15) is 95.2 Å². The number of carbonyl (C=O) groups is 1. The van der Waals surface area contributed by atoms with Crippen LogP contribution >= 0.6 is 0 Å². The van der Waals surface area contributed by atoms with Crippen LogP contribution in [0.15, 0.2) is 34.2 Å². The molecule has 3 heterocycles. The van der Waals surface area contributed by atoms with Crippen LogP contribution in [0, 0.1) is 11.8 Å². The predicted octanol–water partition coefficient (Wildman–Crippen LogP) is 4.50. The maximum Gasteiger partial charge on any atom is 0.303 e. The Bertz CT molecular complexity index is 1280. The van der Waals surface area contributed by atoms with Gasteiger partial charge >= 0.3 is 5.97 Å². The molecule has 9 heteroatoms. The lowest BCUT2D eigenvalue weighted by Crippen LogP contribution is -2.58. The van der Waals surface area contributed by atoms with Crippen molar-refractivity contribution < 1.29 is 19.8 Å². The van der Waals surface area contributed by atoms with Crippen molar-refractivity contribution in [3.8, 4) is 0 Å². The van der Waals surface area contributed by atoms with Crippen LogP contribution in [-0.4, -0.2) is 67.7 Å². The summed E-state index contributed by atoms with van der Waals surface area (Å²) in [4.78, 5) is 38.3. The second-order valence-electron chi connectivity index (χ2n) is 12.4. The van der Waals surface area contributed by atoms with Crippen LogP contribution in [0.4, 0.5) is 0 Å². The normalized spacial score (nSPS) is 30.8. The minimum atomic E-state index is -0.983. The van der Waals surface area contributed by atoms with Crippen molar-refractivity contribution in [3.05, 3.63) is 40.3 Å². The molecule has 2 saturated carbocycles. The largest absolute Gasteiger partial charge is 0.481 e. The topological polar surface area (TPSA) is 117 Å². The maximum absolute atomic E-state index is 14.2. The second-order valence-corrected chi connectivity index (χ2v) is 12.4. The molecule has 9 nitrogen and oxygen atoms in total. The number of carboxylic acids is 1. The SMILES string of the molecule is O=C(O)CC/C(=N\OCCO)c1nc2ccccc2n(C2C[C@H]3CCC[C@@H](C2)N3C2CC3CCCC(C3)C2)c1=O. The number of aliphatic carboxylic acids is 1. The van der Waals surface area contributed by atoms with Crippen molar-refractivity contribution in [1.29, 1.82) is 0 Å². The Morgan fingerprint density at radius 1 is 0.925 bits per heavy atom. The first-order chi connectivity index (χ1) is 19.5. The number of oxime groups is 1. The molecule has 0 amide bonds. The molecule has 5 atom stereocenters. The molecule has 4 fully saturated rings. The number of aromatic nitrogens is 2. The molecule has 0 spiro atoms. The van der Waals surface area contributed by atoms with Gasteiger partial charge in [0.15, 0.2) is 5.69 Å². The summed E-state index contributed by atoms with van der Waals surface area (Å²) in [6.45, 7) is -0.266. The van der Waals surface area contributed by atoms with Crippen molar-refractivity contribution in [2.24, 2.45) is 17.0 Å². The van der Waals surface area contributed by atoms with Gasteiger partial charge in [-0.2, -0.15) is 0 Å². The van der Waals surface area contributed by atoms with Gasteiger partial charge in [0.05, 0.1) is 24.1 Å². The first-order valence-corrected chi connectivity index (χ1v) is 15.3. The molecule has 40 heavy (non-hydrogen) atoms. The Morgan fingerprint density at radius 3 is 2.33 bits per heavy atom. The summed E-state index contributed by atoms with van der Waals surface area (Å²) in [6, 6.07) is 9.41. The number of fused-ring (bicyclic) bond motifs is 5. The third kappa shape index (κ3) is 5.55. The van der Waals surface area contributed by atoms with Crippen LogP contribution in [-0.2, 0) is 9.63 Å². The highest BCUT2D eigenvalue weighted by molar-refractivity contribution is 6.00. The first kappa shape index (κ1) is 27.4. The molecule has 2 aliphatic carbocycles. The van der Waals surface area contributed by atoms with E-state index in [4.69, 9.17) is 9.94 Å². The number of hydrogen-bond donors (Lipinski definition) is 2. The highest BCUT2D eigenvalue weighted by atomic mass is 16.6. The predicted molar refractivity (Wildman–Crippen MR) is 152 cm³/mol. The van der Waals surface area contributed by atoms with Gasteiger partial charge in [0.1, 0.15) is 12.3 Å². The van der Waals surface area contributed by atoms with E-state index in [0.29, 0.717) is 23.6 Å². The van der Waals surface area contributed by atoms with Gasteiger partial charge in [0, 0.05) is 30.6 Å². The number of para-hydroxylation sites is 2. The van der Waals surface area contributed by atoms with Crippen molar-refractivity contribution in [2.75, 3.05) is 13.2 Å². The Hall–Kier alpha value is -2.78. The lowest BCUT2D eigenvalue weighted by atomic mass is 9.68. The number of carboxylic acid groups (broad SMARTS) is 1. The van der Waals surface area contributed by atoms with E-state index in [-0.39, 0.29) is 49.1 Å². The zero-order chi connectivity index (χ0) is 27.6. The third-order valence-corrected chi connectivity index (χ3v) is 9.90. The van der Waals surface area contributed by atoms with E-state index >= 15 is 0 Å². The quantitative estimate of drug-likeness (QED) is 0.268. The molecular weight excluding hydrogens is 508 g/mol. The van der Waals surface area contributed by atoms with E-state index < -0.39 is 5.97 Å². The van der Waals surface area contributed by atoms with Crippen LogP contribution in [0.5, 0.6) is 0 Å². The van der Waals surface area contributed by atoms with Gasteiger partial charge in [0.25, 0.3) is 5.56 Å². The highest BCUT2D eigenvalue weighted by Crippen LogP contribution is 2.47. The molecule has 4 bridgehead atoms. The fraction of sp³-hybridized carbons (Fsp3) is 0.677. The first-order valence-electron chi connectivity index (χ1n) is 15.3. The zero-order valence-corrected chi connectivity index (χ0v) is 23.3. The average molecular weight is 551 g/mol. The van der Waals surface area contributed by atoms with Crippen LogP contribution in [0.2, 0.25) is 0 Å². The molecule has 2 aliphatic heterocycles. The molecule has 0 radical (unpaired) electrons. The van der Waals surface area contributed by atoms with Gasteiger partial charge in [-0.3, -0.25) is 14.5 Å². The number of piperidine rings is 2. The third-order valence-electron chi connectivity index (χ3n) is 9.90. The number of rotatable bonds is 9. The summed E-state index contributed by atoms with van der Waals surface area (Å²) in [5.74, 6) is 0.798. The van der Waals surface area contributed by atoms with Crippen LogP contribution in [0.25, 0.3) is 11.0 Å². The van der Waals surface area contributed by atoms with E-state index in [1.165, 1.54) is 57.8 Å². The second kappa shape index (κ2) is 12.0. The molecule has 6 rings (SSSR count). The van der Waals surface area contributed by atoms with E-state index in [1.54, 1.807) is 0 Å². The van der Waals surface area contributed by atoms with Crippen LogP contribution in [0.3, 0.4) is 0 Å². The highest BCUT2D eigenvalue weighted by Gasteiger charge is 2.45. The molecule has 4 aliphatic rings. The Labute approximate surface area is 235 Å². The molecule has 1 aromatic heterocycles. The van der Waals surface area contributed by atoms with Gasteiger partial charge < -0.3 is 19.6 Å². The molecule has 2 aromatic rings. The number of aliphatic hydroxyl groups is 1. The van der Waals surface area contributed by atoms with Gasteiger partial charge in [-0.05, 0) is 68.9 Å². The molecular formula is C31H42N4O5. The molecule has 3 unspecified atom stereocenters. The number of aliphatic hydroxyl groups excluding tert-OH is 1.